The summed E-state index contributed by atoms with van der Waals surface area (Å²) in [5.74, 6) is -0.0822. The first-order valence-electron chi connectivity index (χ1n) is 8.15. The van der Waals surface area contributed by atoms with Gasteiger partial charge in [0.2, 0.25) is 0 Å². The Kier molecular flexibility index (Phi) is 13.6. The number of hydrogen-bond acceptors (Lipinski definition) is 2. The number of hydrogen-bond donors (Lipinski definition) is 0. The first kappa shape index (κ1) is 18.9. The molecule has 0 heterocycles. The monoisotopic (exact) mass is 280 g/mol. The summed E-state index contributed by atoms with van der Waals surface area (Å²) < 4.78 is 5.14. The highest BCUT2D eigenvalue weighted by Gasteiger charge is 2.06. The number of carbonyl (C=O) groups is 1. The second kappa shape index (κ2) is 14.4. The van der Waals surface area contributed by atoms with Crippen LogP contribution in [0.15, 0.2) is 24.3 Å². The topological polar surface area (TPSA) is 26.3 Å². The van der Waals surface area contributed by atoms with Crippen molar-refractivity contribution < 1.29 is 9.53 Å². The van der Waals surface area contributed by atoms with Crippen LogP contribution in [0.25, 0.3) is 0 Å². The van der Waals surface area contributed by atoms with Gasteiger partial charge in [0, 0.05) is 0 Å². The molecule has 0 spiro atoms. The molecule has 0 aromatic rings. The van der Waals surface area contributed by atoms with E-state index in [1.807, 2.05) is 13.8 Å². The van der Waals surface area contributed by atoms with Crippen molar-refractivity contribution in [2.45, 2.75) is 72.1 Å². The highest BCUT2D eigenvalue weighted by Crippen LogP contribution is 2.07. The van der Waals surface area contributed by atoms with Gasteiger partial charge in [0.05, 0.1) is 12.5 Å². The summed E-state index contributed by atoms with van der Waals surface area (Å²) in [7, 11) is 0. The van der Waals surface area contributed by atoms with Gasteiger partial charge >= 0.3 is 5.97 Å². The Labute approximate surface area is 125 Å². The molecule has 0 saturated carbocycles. The third-order valence-corrected chi connectivity index (χ3v) is 3.07. The molecule has 0 unspecified atom stereocenters. The average molecular weight is 280 g/mol. The molecule has 0 N–H and O–H groups in total. The van der Waals surface area contributed by atoms with E-state index in [1.54, 1.807) is 0 Å². The molecule has 0 saturated heterocycles. The molecule has 0 fully saturated rings. The number of rotatable bonds is 12. The Morgan fingerprint density at radius 3 is 2.30 bits per heavy atom. The average Bonchev–Trinajstić information content (AvgIpc) is 2.43. The Bertz CT molecular complexity index is 277. The van der Waals surface area contributed by atoms with E-state index in [-0.39, 0.29) is 11.9 Å². The quantitative estimate of drug-likeness (QED) is 0.270. The molecule has 0 aromatic carbocycles. The lowest BCUT2D eigenvalue weighted by Gasteiger charge is -2.06. The fraction of sp³-hybridized carbons (Fsp3) is 0.722. The van der Waals surface area contributed by atoms with Gasteiger partial charge in [0.1, 0.15) is 0 Å². The summed E-state index contributed by atoms with van der Waals surface area (Å²) in [6.45, 7) is 6.48. The van der Waals surface area contributed by atoms with Gasteiger partial charge in [-0.3, -0.25) is 4.79 Å². The minimum absolute atomic E-state index is 0.00559. The highest BCUT2D eigenvalue weighted by molar-refractivity contribution is 5.71. The van der Waals surface area contributed by atoms with E-state index >= 15 is 0 Å². The molecule has 0 aliphatic carbocycles. The molecular weight excluding hydrogens is 248 g/mol. The maximum atomic E-state index is 11.2. The summed E-state index contributed by atoms with van der Waals surface area (Å²) in [5.41, 5.74) is 0. The Morgan fingerprint density at radius 2 is 1.60 bits per heavy atom. The van der Waals surface area contributed by atoms with Crippen LogP contribution in [0.5, 0.6) is 0 Å². The zero-order chi connectivity index (χ0) is 15.1. The molecule has 0 aliphatic rings. The molecule has 2 nitrogen and oxygen atoms in total. The Balaban J connectivity index is 3.21. The lowest BCUT2D eigenvalue weighted by Crippen LogP contribution is -2.12. The summed E-state index contributed by atoms with van der Waals surface area (Å²) >= 11 is 0. The van der Waals surface area contributed by atoms with Crippen LogP contribution in [0.2, 0.25) is 0 Å². The van der Waals surface area contributed by atoms with Gasteiger partial charge in [0.25, 0.3) is 0 Å². The van der Waals surface area contributed by atoms with Crippen LogP contribution < -0.4 is 0 Å². The maximum absolute atomic E-state index is 11.2. The van der Waals surface area contributed by atoms with Crippen molar-refractivity contribution in [2.75, 3.05) is 6.61 Å². The summed E-state index contributed by atoms with van der Waals surface area (Å²) in [6.07, 6.45) is 18.3. The molecule has 0 rings (SSSR count). The van der Waals surface area contributed by atoms with E-state index in [0.29, 0.717) is 6.61 Å². The standard InChI is InChI=1S/C18H32O2/c1-4-5-6-7-8-9-10-11-12-13-14-15-16-20-18(19)17(2)3/h5-6,8-9,17H,4,7,10-16H2,1-3H3/b6-5-,9-8-. The molecule has 0 aromatic heterocycles. The van der Waals surface area contributed by atoms with Crippen LogP contribution in [0.3, 0.4) is 0 Å². The van der Waals surface area contributed by atoms with Gasteiger partial charge in [-0.2, -0.15) is 0 Å². The SMILES string of the molecule is CC/C=C\C/C=C\CCCCCCCOC(=O)C(C)C. The highest BCUT2D eigenvalue weighted by atomic mass is 16.5. The van der Waals surface area contributed by atoms with Crippen molar-refractivity contribution in [1.29, 1.82) is 0 Å². The minimum atomic E-state index is -0.0766. The predicted molar refractivity (Wildman–Crippen MR) is 86.7 cm³/mol. The summed E-state index contributed by atoms with van der Waals surface area (Å²) in [6, 6.07) is 0. The summed E-state index contributed by atoms with van der Waals surface area (Å²) in [4.78, 5) is 11.2. The number of allylic oxidation sites excluding steroid dienone is 4. The fourth-order valence-corrected chi connectivity index (χ4v) is 1.79. The second-order valence-electron chi connectivity index (χ2n) is 5.47. The first-order valence-corrected chi connectivity index (χ1v) is 8.15. The molecule has 20 heavy (non-hydrogen) atoms. The zero-order valence-electron chi connectivity index (χ0n) is 13.6. The van der Waals surface area contributed by atoms with Crippen molar-refractivity contribution in [3.05, 3.63) is 24.3 Å². The zero-order valence-corrected chi connectivity index (χ0v) is 13.6. The normalized spacial score (nSPS) is 11.8. The van der Waals surface area contributed by atoms with Crippen molar-refractivity contribution >= 4 is 5.97 Å². The van der Waals surface area contributed by atoms with Crippen LogP contribution in [-0.2, 0) is 9.53 Å². The van der Waals surface area contributed by atoms with Crippen molar-refractivity contribution in [3.63, 3.8) is 0 Å². The molecule has 2 heteroatoms. The molecule has 0 amide bonds. The van der Waals surface area contributed by atoms with Gasteiger partial charge in [-0.25, -0.2) is 0 Å². The first-order chi connectivity index (χ1) is 9.68. The number of esters is 1. The molecule has 0 bridgehead atoms. The maximum Gasteiger partial charge on any atom is 0.308 e. The van der Waals surface area contributed by atoms with Crippen LogP contribution in [0.1, 0.15) is 72.1 Å². The summed E-state index contributed by atoms with van der Waals surface area (Å²) in [5, 5.41) is 0. The Hall–Kier alpha value is -1.05. The molecule has 116 valence electrons. The minimum Gasteiger partial charge on any atom is -0.465 e. The van der Waals surface area contributed by atoms with Crippen LogP contribution >= 0.6 is 0 Å². The molecule has 0 radical (unpaired) electrons. The Morgan fingerprint density at radius 1 is 0.950 bits per heavy atom. The van der Waals surface area contributed by atoms with Gasteiger partial charge in [-0.1, -0.05) is 64.3 Å². The number of unbranched alkanes of at least 4 members (excludes halogenated alkanes) is 5. The number of ether oxygens (including phenoxy) is 1. The van der Waals surface area contributed by atoms with Crippen molar-refractivity contribution in [3.8, 4) is 0 Å². The van der Waals surface area contributed by atoms with Gasteiger partial charge in [0.15, 0.2) is 0 Å². The van der Waals surface area contributed by atoms with Crippen molar-refractivity contribution in [2.24, 2.45) is 5.92 Å². The van der Waals surface area contributed by atoms with Crippen LogP contribution in [0, 0.1) is 5.92 Å². The van der Waals surface area contributed by atoms with E-state index in [9.17, 15) is 4.79 Å². The van der Waals surface area contributed by atoms with E-state index in [0.717, 1.165) is 25.7 Å². The fourth-order valence-electron chi connectivity index (χ4n) is 1.79. The van der Waals surface area contributed by atoms with Crippen LogP contribution in [0.4, 0.5) is 0 Å². The molecule has 0 aliphatic heterocycles. The third-order valence-electron chi connectivity index (χ3n) is 3.07. The van der Waals surface area contributed by atoms with E-state index in [1.165, 1.54) is 25.7 Å². The van der Waals surface area contributed by atoms with E-state index in [2.05, 4.69) is 31.2 Å². The smallest absolute Gasteiger partial charge is 0.308 e. The third kappa shape index (κ3) is 13.4. The lowest BCUT2D eigenvalue weighted by atomic mass is 10.1. The van der Waals surface area contributed by atoms with Gasteiger partial charge in [-0.15, -0.1) is 0 Å². The van der Waals surface area contributed by atoms with Gasteiger partial charge in [-0.05, 0) is 32.1 Å². The lowest BCUT2D eigenvalue weighted by molar-refractivity contribution is -0.147. The second-order valence-corrected chi connectivity index (χ2v) is 5.47. The van der Waals surface area contributed by atoms with Gasteiger partial charge < -0.3 is 4.74 Å². The molecular formula is C18H32O2. The van der Waals surface area contributed by atoms with E-state index in [4.69, 9.17) is 4.74 Å². The van der Waals surface area contributed by atoms with E-state index < -0.39 is 0 Å². The predicted octanol–water partition coefficient (Wildman–Crippen LogP) is 5.44. The largest absolute Gasteiger partial charge is 0.465 e. The number of carbonyl (C=O) groups excluding carboxylic acids is 1. The molecule has 0 atom stereocenters. The van der Waals surface area contributed by atoms with Crippen molar-refractivity contribution in [1.82, 2.24) is 0 Å². The van der Waals surface area contributed by atoms with Crippen LogP contribution in [-0.4, -0.2) is 12.6 Å².